The van der Waals surface area contributed by atoms with Crippen molar-refractivity contribution in [3.05, 3.63) is 0 Å². The Bertz CT molecular complexity index is 447. The average molecular weight is 335 g/mol. The van der Waals surface area contributed by atoms with E-state index in [4.69, 9.17) is 4.89 Å². The summed E-state index contributed by atoms with van der Waals surface area (Å²) in [6.07, 6.45) is 2.89. The summed E-state index contributed by atoms with van der Waals surface area (Å²) in [7, 11) is -3.64. The van der Waals surface area contributed by atoms with E-state index in [2.05, 4.69) is 5.32 Å². The minimum atomic E-state index is -3.64. The molecule has 3 unspecified atom stereocenters. The lowest BCUT2D eigenvalue weighted by Gasteiger charge is -2.26. The second kappa shape index (κ2) is 9.23. The molecular formula is C13H26N3O5P. The van der Waals surface area contributed by atoms with Gasteiger partial charge in [0.1, 0.15) is 11.3 Å². The molecule has 0 spiro atoms. The summed E-state index contributed by atoms with van der Waals surface area (Å²) in [5.74, 6) is -2.22. The van der Waals surface area contributed by atoms with Gasteiger partial charge in [-0.3, -0.25) is 19.9 Å². The SMILES string of the molecule is CCCCCC(C)(C#N)C(=O)N(O)CNCC(O)P(C)(=O)O. The number of carbonyl (C=O) groups is 1. The van der Waals surface area contributed by atoms with Gasteiger partial charge in [-0.1, -0.05) is 26.2 Å². The fraction of sp³-hybridized carbons (Fsp3) is 0.846. The summed E-state index contributed by atoms with van der Waals surface area (Å²) in [6, 6.07) is 1.93. The van der Waals surface area contributed by atoms with Crippen molar-refractivity contribution in [1.82, 2.24) is 10.4 Å². The van der Waals surface area contributed by atoms with Crippen LogP contribution < -0.4 is 5.32 Å². The van der Waals surface area contributed by atoms with E-state index in [-0.39, 0.29) is 13.2 Å². The minimum Gasteiger partial charge on any atom is -0.382 e. The van der Waals surface area contributed by atoms with E-state index in [1.807, 2.05) is 13.0 Å². The van der Waals surface area contributed by atoms with E-state index in [1.165, 1.54) is 6.92 Å². The molecule has 0 aliphatic carbocycles. The van der Waals surface area contributed by atoms with Crippen molar-refractivity contribution in [3.8, 4) is 6.07 Å². The zero-order chi connectivity index (χ0) is 17.4. The highest BCUT2D eigenvalue weighted by molar-refractivity contribution is 7.57. The average Bonchev–Trinajstić information content (AvgIpc) is 2.45. The maximum absolute atomic E-state index is 12.1. The van der Waals surface area contributed by atoms with Crippen molar-refractivity contribution in [2.45, 2.75) is 45.4 Å². The molecular weight excluding hydrogens is 309 g/mol. The van der Waals surface area contributed by atoms with Gasteiger partial charge in [-0.15, -0.1) is 0 Å². The number of nitrogens with zero attached hydrogens (tertiary/aromatic N) is 2. The zero-order valence-electron chi connectivity index (χ0n) is 13.3. The van der Waals surface area contributed by atoms with Crippen molar-refractivity contribution in [3.63, 3.8) is 0 Å². The van der Waals surface area contributed by atoms with Gasteiger partial charge in [0.15, 0.2) is 0 Å². The second-order valence-corrected chi connectivity index (χ2v) is 8.12. The molecule has 0 aromatic heterocycles. The van der Waals surface area contributed by atoms with Gasteiger partial charge in [-0.05, 0) is 13.3 Å². The molecule has 0 aromatic rings. The summed E-state index contributed by atoms with van der Waals surface area (Å²) in [5, 5.41) is 31.1. The molecule has 128 valence electrons. The van der Waals surface area contributed by atoms with Gasteiger partial charge in [0, 0.05) is 13.2 Å². The first-order valence-corrected chi connectivity index (χ1v) is 9.37. The lowest BCUT2D eigenvalue weighted by molar-refractivity contribution is -0.175. The summed E-state index contributed by atoms with van der Waals surface area (Å²) >= 11 is 0. The molecule has 0 aliphatic heterocycles. The molecule has 0 rings (SSSR count). The molecule has 3 atom stereocenters. The molecule has 0 heterocycles. The molecule has 0 saturated carbocycles. The fourth-order valence-corrected chi connectivity index (χ4v) is 2.23. The van der Waals surface area contributed by atoms with Gasteiger partial charge >= 0.3 is 0 Å². The molecule has 0 radical (unpaired) electrons. The molecule has 1 amide bonds. The van der Waals surface area contributed by atoms with Crippen LogP contribution in [0.2, 0.25) is 0 Å². The first kappa shape index (κ1) is 21.0. The van der Waals surface area contributed by atoms with Gasteiger partial charge < -0.3 is 10.00 Å². The number of aliphatic hydroxyl groups excluding tert-OH is 1. The van der Waals surface area contributed by atoms with E-state index >= 15 is 0 Å². The Morgan fingerprint density at radius 1 is 1.50 bits per heavy atom. The summed E-state index contributed by atoms with van der Waals surface area (Å²) < 4.78 is 11.2. The predicted octanol–water partition coefficient (Wildman–Crippen LogP) is 1.08. The molecule has 0 saturated heterocycles. The third-order valence-electron chi connectivity index (χ3n) is 3.38. The summed E-state index contributed by atoms with van der Waals surface area (Å²) in [5.41, 5.74) is -1.32. The van der Waals surface area contributed by atoms with E-state index in [9.17, 15) is 24.9 Å². The Balaban J connectivity index is 4.45. The third kappa shape index (κ3) is 6.86. The zero-order valence-corrected chi connectivity index (χ0v) is 14.2. The molecule has 22 heavy (non-hydrogen) atoms. The van der Waals surface area contributed by atoms with E-state index < -0.39 is 24.5 Å². The highest BCUT2D eigenvalue weighted by Gasteiger charge is 2.36. The van der Waals surface area contributed by atoms with Crippen molar-refractivity contribution < 1.29 is 24.6 Å². The fourth-order valence-electron chi connectivity index (χ4n) is 1.76. The predicted molar refractivity (Wildman–Crippen MR) is 81.1 cm³/mol. The molecule has 0 fully saturated rings. The van der Waals surface area contributed by atoms with Crippen LogP contribution in [-0.2, 0) is 9.36 Å². The quantitative estimate of drug-likeness (QED) is 0.154. The highest BCUT2D eigenvalue weighted by Crippen LogP contribution is 2.39. The standard InChI is InChI=1S/C13H26N3O5P/c1-4-5-6-7-13(2,9-14)12(18)16(19)10-15-8-11(17)22(3,20)21/h11,15,17,19H,4-8,10H2,1-3H3,(H,20,21). The molecule has 8 nitrogen and oxygen atoms in total. The monoisotopic (exact) mass is 335 g/mol. The van der Waals surface area contributed by atoms with Crippen LogP contribution >= 0.6 is 7.37 Å². The maximum atomic E-state index is 12.1. The number of aliphatic hydroxyl groups is 1. The molecule has 0 bridgehead atoms. The first-order chi connectivity index (χ1) is 10.1. The van der Waals surface area contributed by atoms with Crippen molar-refractivity contribution in [2.24, 2.45) is 5.41 Å². The van der Waals surface area contributed by atoms with Crippen LogP contribution in [0.15, 0.2) is 0 Å². The Morgan fingerprint density at radius 2 is 2.09 bits per heavy atom. The number of nitrogens with one attached hydrogen (secondary N) is 1. The largest absolute Gasteiger partial charge is 0.382 e. The Kier molecular flexibility index (Phi) is 8.83. The van der Waals surface area contributed by atoms with E-state index in [0.717, 1.165) is 19.5 Å². The van der Waals surface area contributed by atoms with Crippen LogP contribution in [0.25, 0.3) is 0 Å². The Morgan fingerprint density at radius 3 is 2.55 bits per heavy atom. The van der Waals surface area contributed by atoms with Crippen molar-refractivity contribution in [1.29, 1.82) is 5.26 Å². The maximum Gasteiger partial charge on any atom is 0.267 e. The van der Waals surface area contributed by atoms with Crippen molar-refractivity contribution >= 4 is 13.3 Å². The number of unbranched alkanes of at least 4 members (excludes halogenated alkanes) is 2. The molecule has 9 heteroatoms. The summed E-state index contributed by atoms with van der Waals surface area (Å²) in [6.45, 7) is 3.89. The van der Waals surface area contributed by atoms with Gasteiger partial charge in [0.2, 0.25) is 7.37 Å². The Labute approximate surface area is 131 Å². The van der Waals surface area contributed by atoms with Crippen LogP contribution in [0.5, 0.6) is 0 Å². The minimum absolute atomic E-state index is 0.256. The van der Waals surface area contributed by atoms with Gasteiger partial charge in [-0.25, -0.2) is 5.06 Å². The highest BCUT2D eigenvalue weighted by atomic mass is 31.2. The number of rotatable bonds is 10. The normalized spacial score (nSPS) is 17.9. The van der Waals surface area contributed by atoms with Gasteiger partial charge in [-0.2, -0.15) is 5.26 Å². The smallest absolute Gasteiger partial charge is 0.267 e. The number of carbonyl (C=O) groups excluding carboxylic acids is 1. The molecule has 4 N–H and O–H groups in total. The molecule has 0 aromatic carbocycles. The van der Waals surface area contributed by atoms with Crippen LogP contribution in [0.1, 0.15) is 39.5 Å². The number of amides is 1. The third-order valence-corrected chi connectivity index (χ3v) is 4.66. The number of nitriles is 1. The number of hydrogen-bond donors (Lipinski definition) is 4. The lowest BCUT2D eigenvalue weighted by atomic mass is 9.85. The number of hydroxylamine groups is 2. The van der Waals surface area contributed by atoms with Crippen molar-refractivity contribution in [2.75, 3.05) is 19.9 Å². The molecule has 0 aliphatic rings. The van der Waals surface area contributed by atoms with E-state index in [1.54, 1.807) is 0 Å². The van der Waals surface area contributed by atoms with Gasteiger partial charge in [0.25, 0.3) is 5.91 Å². The Hall–Kier alpha value is -0.970. The van der Waals surface area contributed by atoms with Crippen LogP contribution in [0.4, 0.5) is 0 Å². The van der Waals surface area contributed by atoms with E-state index in [0.29, 0.717) is 17.9 Å². The van der Waals surface area contributed by atoms with Crippen LogP contribution in [0, 0.1) is 16.7 Å². The van der Waals surface area contributed by atoms with Gasteiger partial charge in [0.05, 0.1) is 12.7 Å². The lowest BCUT2D eigenvalue weighted by Crippen LogP contribution is -2.45. The topological polar surface area (TPSA) is 134 Å². The van der Waals surface area contributed by atoms with Crippen LogP contribution in [0.3, 0.4) is 0 Å². The second-order valence-electron chi connectivity index (χ2n) is 5.64. The summed E-state index contributed by atoms with van der Waals surface area (Å²) in [4.78, 5) is 21.2. The number of hydrogen-bond acceptors (Lipinski definition) is 6. The first-order valence-electron chi connectivity index (χ1n) is 7.19. The van der Waals surface area contributed by atoms with Crippen LogP contribution in [-0.4, -0.2) is 51.9 Å².